The molecule has 2 fully saturated rings. The average molecular weight is 169 g/mol. The van der Waals surface area contributed by atoms with Gasteiger partial charge in [-0.3, -0.25) is 0 Å². The van der Waals surface area contributed by atoms with Crippen LogP contribution in [-0.2, 0) is 0 Å². The molecule has 12 heavy (non-hydrogen) atoms. The summed E-state index contributed by atoms with van der Waals surface area (Å²) in [7, 11) is 0. The minimum Gasteiger partial charge on any atom is -0.396 e. The fraction of sp³-hybridized carbons (Fsp3) is 1.00. The summed E-state index contributed by atoms with van der Waals surface area (Å²) in [6.07, 6.45) is 6.53. The number of hydrogen-bond donors (Lipinski definition) is 2. The molecule has 2 N–H and O–H groups in total. The van der Waals surface area contributed by atoms with E-state index < -0.39 is 0 Å². The molecule has 1 saturated heterocycles. The van der Waals surface area contributed by atoms with Gasteiger partial charge in [-0.2, -0.15) is 0 Å². The van der Waals surface area contributed by atoms with Gasteiger partial charge in [0.15, 0.2) is 0 Å². The molecule has 2 aliphatic rings. The minimum atomic E-state index is 0.406. The lowest BCUT2D eigenvalue weighted by Gasteiger charge is -2.41. The molecule has 1 aliphatic heterocycles. The molecule has 2 nitrogen and oxygen atoms in total. The van der Waals surface area contributed by atoms with Crippen LogP contribution in [0.3, 0.4) is 0 Å². The summed E-state index contributed by atoms with van der Waals surface area (Å²) in [5, 5.41) is 12.8. The third-order valence-electron chi connectivity index (χ3n) is 3.57. The molecule has 0 spiro atoms. The molecule has 1 aliphatic carbocycles. The van der Waals surface area contributed by atoms with Crippen molar-refractivity contribution in [3.05, 3.63) is 0 Å². The lowest BCUT2D eigenvalue weighted by Crippen LogP contribution is -2.47. The Bertz CT molecular complexity index is 140. The molecule has 2 rings (SSSR count). The van der Waals surface area contributed by atoms with Crippen molar-refractivity contribution in [1.82, 2.24) is 5.32 Å². The van der Waals surface area contributed by atoms with Crippen molar-refractivity contribution in [3.63, 3.8) is 0 Å². The highest BCUT2D eigenvalue weighted by Gasteiger charge is 2.33. The number of piperidine rings is 1. The second-order valence-corrected chi connectivity index (χ2v) is 4.24. The van der Waals surface area contributed by atoms with Gasteiger partial charge in [-0.25, -0.2) is 0 Å². The predicted molar refractivity (Wildman–Crippen MR) is 48.9 cm³/mol. The average Bonchev–Trinajstić information content (AvgIpc) is 2.17. The quantitative estimate of drug-likeness (QED) is 0.617. The first kappa shape index (κ1) is 8.52. The van der Waals surface area contributed by atoms with E-state index in [-0.39, 0.29) is 0 Å². The zero-order chi connectivity index (χ0) is 8.39. The van der Waals surface area contributed by atoms with Crippen molar-refractivity contribution in [2.75, 3.05) is 13.2 Å². The molecule has 3 unspecified atom stereocenters. The Morgan fingerprint density at radius 3 is 2.92 bits per heavy atom. The first-order valence-electron chi connectivity index (χ1n) is 5.26. The Kier molecular flexibility index (Phi) is 2.66. The van der Waals surface area contributed by atoms with Gasteiger partial charge in [-0.1, -0.05) is 6.42 Å². The second-order valence-electron chi connectivity index (χ2n) is 4.24. The molecule has 1 heterocycles. The summed E-state index contributed by atoms with van der Waals surface area (Å²) in [5.74, 6) is 1.37. The monoisotopic (exact) mass is 169 g/mol. The highest BCUT2D eigenvalue weighted by molar-refractivity contribution is 4.89. The molecular weight excluding hydrogens is 150 g/mol. The summed E-state index contributed by atoms with van der Waals surface area (Å²) in [5.41, 5.74) is 0. The summed E-state index contributed by atoms with van der Waals surface area (Å²) < 4.78 is 0. The molecular formula is C10H19NO. The Balaban J connectivity index is 1.99. The topological polar surface area (TPSA) is 32.3 Å². The van der Waals surface area contributed by atoms with Crippen LogP contribution in [0, 0.1) is 11.8 Å². The van der Waals surface area contributed by atoms with Crippen molar-refractivity contribution in [2.45, 2.75) is 38.1 Å². The van der Waals surface area contributed by atoms with Crippen LogP contribution in [0.25, 0.3) is 0 Å². The van der Waals surface area contributed by atoms with Crippen molar-refractivity contribution in [3.8, 4) is 0 Å². The first-order valence-corrected chi connectivity index (χ1v) is 5.26. The fourth-order valence-corrected chi connectivity index (χ4v) is 2.90. The second kappa shape index (κ2) is 3.75. The van der Waals surface area contributed by atoms with E-state index in [2.05, 4.69) is 5.32 Å². The smallest absolute Gasteiger partial charge is 0.0462 e. The van der Waals surface area contributed by atoms with Gasteiger partial charge in [0.1, 0.15) is 0 Å². The molecule has 3 atom stereocenters. The van der Waals surface area contributed by atoms with E-state index in [1.54, 1.807) is 0 Å². The minimum absolute atomic E-state index is 0.406. The molecule has 1 saturated carbocycles. The molecule has 0 aromatic carbocycles. The van der Waals surface area contributed by atoms with E-state index in [1.165, 1.54) is 38.6 Å². The lowest BCUT2D eigenvalue weighted by atomic mass is 9.72. The SMILES string of the molecule is OCC1CCCC2NCCCC12. The van der Waals surface area contributed by atoms with Gasteiger partial charge >= 0.3 is 0 Å². The van der Waals surface area contributed by atoms with Crippen LogP contribution in [-0.4, -0.2) is 24.3 Å². The van der Waals surface area contributed by atoms with Gasteiger partial charge < -0.3 is 10.4 Å². The maximum Gasteiger partial charge on any atom is 0.0462 e. The van der Waals surface area contributed by atoms with E-state index in [0.29, 0.717) is 12.5 Å². The Morgan fingerprint density at radius 2 is 2.08 bits per heavy atom. The highest BCUT2D eigenvalue weighted by atomic mass is 16.3. The number of hydrogen-bond acceptors (Lipinski definition) is 2. The molecule has 0 aromatic heterocycles. The Labute approximate surface area is 74.4 Å². The van der Waals surface area contributed by atoms with Gasteiger partial charge in [0.05, 0.1) is 0 Å². The number of rotatable bonds is 1. The van der Waals surface area contributed by atoms with E-state index in [0.717, 1.165) is 12.0 Å². The maximum atomic E-state index is 9.20. The van der Waals surface area contributed by atoms with Crippen molar-refractivity contribution >= 4 is 0 Å². The molecule has 0 bridgehead atoms. The summed E-state index contributed by atoms with van der Waals surface area (Å²) in [4.78, 5) is 0. The van der Waals surface area contributed by atoms with Crippen LogP contribution in [0.1, 0.15) is 32.1 Å². The first-order chi connectivity index (χ1) is 5.92. The van der Waals surface area contributed by atoms with Crippen LogP contribution < -0.4 is 5.32 Å². The summed E-state index contributed by atoms with van der Waals surface area (Å²) >= 11 is 0. The van der Waals surface area contributed by atoms with Gasteiger partial charge in [-0.05, 0) is 44.1 Å². The molecule has 0 radical (unpaired) electrons. The maximum absolute atomic E-state index is 9.20. The largest absolute Gasteiger partial charge is 0.396 e. The van der Waals surface area contributed by atoms with E-state index in [4.69, 9.17) is 0 Å². The molecule has 0 aromatic rings. The highest BCUT2D eigenvalue weighted by Crippen LogP contribution is 2.34. The standard InChI is InChI=1S/C10H19NO/c12-7-8-3-1-5-10-9(8)4-2-6-11-10/h8-12H,1-7H2. The summed E-state index contributed by atoms with van der Waals surface area (Å²) in [6, 6.07) is 0.727. The van der Waals surface area contributed by atoms with Crippen molar-refractivity contribution < 1.29 is 5.11 Å². The van der Waals surface area contributed by atoms with E-state index in [9.17, 15) is 5.11 Å². The van der Waals surface area contributed by atoms with E-state index in [1.807, 2.05) is 0 Å². The zero-order valence-corrected chi connectivity index (χ0v) is 7.63. The number of fused-ring (bicyclic) bond motifs is 1. The Morgan fingerprint density at radius 1 is 1.17 bits per heavy atom. The fourth-order valence-electron chi connectivity index (χ4n) is 2.90. The van der Waals surface area contributed by atoms with Crippen LogP contribution in [0.5, 0.6) is 0 Å². The molecule has 70 valence electrons. The van der Waals surface area contributed by atoms with Crippen LogP contribution in [0.2, 0.25) is 0 Å². The number of nitrogens with one attached hydrogen (secondary N) is 1. The van der Waals surface area contributed by atoms with Gasteiger partial charge in [-0.15, -0.1) is 0 Å². The van der Waals surface area contributed by atoms with Crippen LogP contribution >= 0.6 is 0 Å². The van der Waals surface area contributed by atoms with Crippen molar-refractivity contribution in [2.24, 2.45) is 11.8 Å². The van der Waals surface area contributed by atoms with Gasteiger partial charge in [0.25, 0.3) is 0 Å². The van der Waals surface area contributed by atoms with Crippen LogP contribution in [0.4, 0.5) is 0 Å². The zero-order valence-electron chi connectivity index (χ0n) is 7.63. The third kappa shape index (κ3) is 1.50. The third-order valence-corrected chi connectivity index (χ3v) is 3.57. The number of aliphatic hydroxyl groups is 1. The van der Waals surface area contributed by atoms with Gasteiger partial charge in [0, 0.05) is 12.6 Å². The Hall–Kier alpha value is -0.0800. The molecule has 0 amide bonds. The van der Waals surface area contributed by atoms with Crippen LogP contribution in [0.15, 0.2) is 0 Å². The normalized spacial score (nSPS) is 42.2. The molecule has 2 heteroatoms. The summed E-state index contributed by atoms with van der Waals surface area (Å²) in [6.45, 7) is 1.60. The predicted octanol–water partition coefficient (Wildman–Crippen LogP) is 1.15. The van der Waals surface area contributed by atoms with Gasteiger partial charge in [0.2, 0.25) is 0 Å². The number of aliphatic hydroxyl groups excluding tert-OH is 1. The van der Waals surface area contributed by atoms with E-state index >= 15 is 0 Å². The van der Waals surface area contributed by atoms with Crippen molar-refractivity contribution in [1.29, 1.82) is 0 Å². The lowest BCUT2D eigenvalue weighted by molar-refractivity contribution is 0.0844.